The molecule has 2 nitrogen and oxygen atoms in total. The molecule has 0 atom stereocenters. The number of imidazole rings is 1. The van der Waals surface area contributed by atoms with E-state index in [4.69, 9.17) is 11.6 Å². The van der Waals surface area contributed by atoms with Gasteiger partial charge < -0.3 is 4.98 Å². The fraction of sp³-hybridized carbons (Fsp3) is 0. The van der Waals surface area contributed by atoms with Gasteiger partial charge in [0, 0.05) is 10.0 Å². The van der Waals surface area contributed by atoms with Crippen molar-refractivity contribution < 1.29 is 0 Å². The molecule has 0 saturated carbocycles. The molecular formula is C17H10BrClN2. The van der Waals surface area contributed by atoms with E-state index in [0.717, 1.165) is 26.9 Å². The van der Waals surface area contributed by atoms with Gasteiger partial charge in [0.25, 0.3) is 0 Å². The van der Waals surface area contributed by atoms with Crippen LogP contribution >= 0.6 is 27.5 Å². The van der Waals surface area contributed by atoms with Crippen molar-refractivity contribution in [2.24, 2.45) is 0 Å². The number of para-hydroxylation sites is 1. The fourth-order valence-electron chi connectivity index (χ4n) is 2.50. The minimum absolute atomic E-state index is 0.666. The van der Waals surface area contributed by atoms with E-state index in [1.54, 1.807) is 0 Å². The van der Waals surface area contributed by atoms with E-state index < -0.39 is 0 Å². The molecular weight excluding hydrogens is 348 g/mol. The maximum atomic E-state index is 6.18. The molecule has 3 aromatic carbocycles. The quantitative estimate of drug-likeness (QED) is 0.458. The number of nitrogens with one attached hydrogen (secondary N) is 1. The molecule has 0 aliphatic carbocycles. The van der Waals surface area contributed by atoms with Gasteiger partial charge in [0.05, 0.1) is 10.5 Å². The Morgan fingerprint density at radius 1 is 0.952 bits per heavy atom. The second-order valence-corrected chi connectivity index (χ2v) is 6.25. The van der Waals surface area contributed by atoms with Crippen LogP contribution in [0.2, 0.25) is 5.02 Å². The molecule has 0 fully saturated rings. The second-order valence-electron chi connectivity index (χ2n) is 4.93. The SMILES string of the molecule is Clc1cccc2[nH]c(-c3ccc4cc(Br)ccc4c3)nc12. The molecule has 0 aliphatic rings. The average molecular weight is 358 g/mol. The minimum atomic E-state index is 0.666. The zero-order valence-corrected chi connectivity index (χ0v) is 13.2. The van der Waals surface area contributed by atoms with Gasteiger partial charge in [-0.25, -0.2) is 4.98 Å². The Kier molecular flexibility index (Phi) is 2.98. The molecule has 0 amide bonds. The molecule has 0 unspecified atom stereocenters. The van der Waals surface area contributed by atoms with Gasteiger partial charge in [-0.1, -0.05) is 51.8 Å². The number of aromatic amines is 1. The van der Waals surface area contributed by atoms with E-state index in [1.165, 1.54) is 10.8 Å². The van der Waals surface area contributed by atoms with Gasteiger partial charge in [-0.3, -0.25) is 0 Å². The first-order valence-electron chi connectivity index (χ1n) is 6.55. The number of aromatic nitrogens is 2. The van der Waals surface area contributed by atoms with Crippen LogP contribution in [0.3, 0.4) is 0 Å². The Balaban J connectivity index is 1.91. The number of fused-ring (bicyclic) bond motifs is 2. The van der Waals surface area contributed by atoms with E-state index >= 15 is 0 Å². The number of hydrogen-bond acceptors (Lipinski definition) is 1. The van der Waals surface area contributed by atoms with Crippen molar-refractivity contribution in [3.8, 4) is 11.4 Å². The molecule has 1 N–H and O–H groups in total. The first-order valence-corrected chi connectivity index (χ1v) is 7.72. The maximum Gasteiger partial charge on any atom is 0.138 e. The van der Waals surface area contributed by atoms with Crippen LogP contribution in [0.4, 0.5) is 0 Å². The van der Waals surface area contributed by atoms with E-state index in [-0.39, 0.29) is 0 Å². The number of benzene rings is 3. The molecule has 0 radical (unpaired) electrons. The zero-order chi connectivity index (χ0) is 14.4. The predicted molar refractivity (Wildman–Crippen MR) is 91.7 cm³/mol. The Morgan fingerprint density at radius 2 is 1.76 bits per heavy atom. The lowest BCUT2D eigenvalue weighted by Crippen LogP contribution is -1.81. The van der Waals surface area contributed by atoms with Crippen molar-refractivity contribution in [3.63, 3.8) is 0 Å². The number of hydrogen-bond donors (Lipinski definition) is 1. The largest absolute Gasteiger partial charge is 0.338 e. The predicted octanol–water partition coefficient (Wildman–Crippen LogP) is 5.80. The van der Waals surface area contributed by atoms with Gasteiger partial charge >= 0.3 is 0 Å². The summed E-state index contributed by atoms with van der Waals surface area (Å²) in [6.07, 6.45) is 0. The standard InChI is InChI=1S/C17H10BrClN2/c18-13-7-6-10-8-12(5-4-11(10)9-13)17-20-15-3-1-2-14(19)16(15)21-17/h1-9H,(H,20,21). The molecule has 0 bridgehead atoms. The van der Waals surface area contributed by atoms with Crippen molar-refractivity contribution in [1.29, 1.82) is 0 Å². The highest BCUT2D eigenvalue weighted by Gasteiger charge is 2.08. The first-order chi connectivity index (χ1) is 10.2. The summed E-state index contributed by atoms with van der Waals surface area (Å²) in [6, 6.07) is 18.3. The van der Waals surface area contributed by atoms with Crippen LogP contribution in [0.5, 0.6) is 0 Å². The summed E-state index contributed by atoms with van der Waals surface area (Å²) in [5.74, 6) is 0.836. The summed E-state index contributed by atoms with van der Waals surface area (Å²) >= 11 is 9.68. The Bertz CT molecular complexity index is 975. The van der Waals surface area contributed by atoms with Crippen LogP contribution in [0.1, 0.15) is 0 Å². The third kappa shape index (κ3) is 2.23. The summed E-state index contributed by atoms with van der Waals surface area (Å²) in [5, 5.41) is 3.05. The van der Waals surface area contributed by atoms with E-state index in [0.29, 0.717) is 5.02 Å². The lowest BCUT2D eigenvalue weighted by atomic mass is 10.1. The molecule has 0 aliphatic heterocycles. The van der Waals surface area contributed by atoms with Crippen LogP contribution in [-0.4, -0.2) is 9.97 Å². The number of H-pyrrole nitrogens is 1. The minimum Gasteiger partial charge on any atom is -0.338 e. The monoisotopic (exact) mass is 356 g/mol. The van der Waals surface area contributed by atoms with Crippen molar-refractivity contribution in [3.05, 3.63) is 64.1 Å². The van der Waals surface area contributed by atoms with Gasteiger partial charge in [0.15, 0.2) is 0 Å². The molecule has 4 heteroatoms. The molecule has 0 saturated heterocycles. The zero-order valence-electron chi connectivity index (χ0n) is 10.9. The first kappa shape index (κ1) is 12.9. The average Bonchev–Trinajstić information content (AvgIpc) is 2.92. The Labute approximate surface area is 134 Å². The third-order valence-electron chi connectivity index (χ3n) is 3.54. The van der Waals surface area contributed by atoms with Crippen LogP contribution < -0.4 is 0 Å². The number of halogens is 2. The molecule has 4 aromatic rings. The summed E-state index contributed by atoms with van der Waals surface area (Å²) < 4.78 is 1.08. The lowest BCUT2D eigenvalue weighted by Gasteiger charge is -2.01. The topological polar surface area (TPSA) is 28.7 Å². The lowest BCUT2D eigenvalue weighted by molar-refractivity contribution is 1.34. The summed E-state index contributed by atoms with van der Waals surface area (Å²) in [6.45, 7) is 0. The molecule has 0 spiro atoms. The van der Waals surface area contributed by atoms with Gasteiger partial charge in [0.1, 0.15) is 11.3 Å². The van der Waals surface area contributed by atoms with E-state index in [9.17, 15) is 0 Å². The van der Waals surface area contributed by atoms with Crippen LogP contribution in [0, 0.1) is 0 Å². The van der Waals surface area contributed by atoms with Gasteiger partial charge in [0.2, 0.25) is 0 Å². The smallest absolute Gasteiger partial charge is 0.138 e. The fourth-order valence-corrected chi connectivity index (χ4v) is 3.09. The van der Waals surface area contributed by atoms with Crippen molar-refractivity contribution in [1.82, 2.24) is 9.97 Å². The van der Waals surface area contributed by atoms with Crippen LogP contribution in [-0.2, 0) is 0 Å². The van der Waals surface area contributed by atoms with Crippen LogP contribution in [0.25, 0.3) is 33.2 Å². The molecule has 21 heavy (non-hydrogen) atoms. The maximum absolute atomic E-state index is 6.18. The summed E-state index contributed by atoms with van der Waals surface area (Å²) in [5.41, 5.74) is 2.82. The Morgan fingerprint density at radius 3 is 2.62 bits per heavy atom. The molecule has 1 heterocycles. The second kappa shape index (κ2) is 4.86. The molecule has 102 valence electrons. The highest BCUT2D eigenvalue weighted by molar-refractivity contribution is 9.10. The van der Waals surface area contributed by atoms with Crippen molar-refractivity contribution in [2.45, 2.75) is 0 Å². The molecule has 1 aromatic heterocycles. The number of nitrogens with zero attached hydrogens (tertiary/aromatic N) is 1. The van der Waals surface area contributed by atoms with Crippen molar-refractivity contribution >= 4 is 49.3 Å². The highest BCUT2D eigenvalue weighted by atomic mass is 79.9. The molecule has 4 rings (SSSR count). The van der Waals surface area contributed by atoms with Crippen LogP contribution in [0.15, 0.2) is 59.1 Å². The van der Waals surface area contributed by atoms with E-state index in [1.807, 2.05) is 24.3 Å². The van der Waals surface area contributed by atoms with Gasteiger partial charge in [-0.05, 0) is 41.1 Å². The van der Waals surface area contributed by atoms with Gasteiger partial charge in [-0.2, -0.15) is 0 Å². The third-order valence-corrected chi connectivity index (χ3v) is 4.34. The Hall–Kier alpha value is -1.84. The number of rotatable bonds is 1. The summed E-state index contributed by atoms with van der Waals surface area (Å²) in [4.78, 5) is 7.93. The normalized spacial score (nSPS) is 11.3. The van der Waals surface area contributed by atoms with Gasteiger partial charge in [-0.15, -0.1) is 0 Å². The van der Waals surface area contributed by atoms with Crippen molar-refractivity contribution in [2.75, 3.05) is 0 Å². The van der Waals surface area contributed by atoms with E-state index in [2.05, 4.69) is 56.2 Å². The highest BCUT2D eigenvalue weighted by Crippen LogP contribution is 2.28. The summed E-state index contributed by atoms with van der Waals surface area (Å²) in [7, 11) is 0.